The summed E-state index contributed by atoms with van der Waals surface area (Å²) >= 11 is 0. The minimum atomic E-state index is -0.0856. The molecule has 3 atom stereocenters. The fourth-order valence-corrected chi connectivity index (χ4v) is 2.54. The second-order valence-corrected chi connectivity index (χ2v) is 4.05. The van der Waals surface area contributed by atoms with Crippen LogP contribution in [0.3, 0.4) is 0 Å². The molecule has 0 aromatic rings. The van der Waals surface area contributed by atoms with Gasteiger partial charge < -0.3 is 15.2 Å². The van der Waals surface area contributed by atoms with E-state index in [1.165, 1.54) is 0 Å². The van der Waals surface area contributed by atoms with Crippen molar-refractivity contribution in [3.63, 3.8) is 0 Å². The molecule has 2 heterocycles. The summed E-state index contributed by atoms with van der Waals surface area (Å²) in [6.07, 6.45) is 2.15. The van der Waals surface area contributed by atoms with Crippen molar-refractivity contribution in [2.45, 2.75) is 24.0 Å². The Balaban J connectivity index is 1.96. The van der Waals surface area contributed by atoms with E-state index in [-0.39, 0.29) is 11.1 Å². The van der Waals surface area contributed by atoms with Gasteiger partial charge in [0.15, 0.2) is 0 Å². The molecule has 62 valence electrons. The third kappa shape index (κ3) is 0.567. The molecule has 2 N–H and O–H groups in total. The topological polar surface area (TPSA) is 44.5 Å². The number of ether oxygens (including phenoxy) is 2. The fraction of sp³-hybridized carbons (Fsp3) is 1.00. The largest absolute Gasteiger partial charge is 0.378 e. The van der Waals surface area contributed by atoms with E-state index < -0.39 is 0 Å². The van der Waals surface area contributed by atoms with E-state index in [1.54, 1.807) is 0 Å². The van der Waals surface area contributed by atoms with Gasteiger partial charge >= 0.3 is 0 Å². The summed E-state index contributed by atoms with van der Waals surface area (Å²) in [6.45, 7) is 2.41. The Morgan fingerprint density at radius 1 is 1.45 bits per heavy atom. The first-order valence-corrected chi connectivity index (χ1v) is 4.27. The molecular weight excluding hydrogens is 142 g/mol. The molecule has 3 rings (SSSR count). The van der Waals surface area contributed by atoms with Crippen LogP contribution in [0.2, 0.25) is 0 Å². The predicted molar refractivity (Wildman–Crippen MR) is 39.1 cm³/mol. The standard InChI is InChI=1S/C8H13NO2/c9-8-3-6(8)4-11-7(8)1-2-10-5-7/h6H,1-5,9H2. The maximum atomic E-state index is 6.19. The first kappa shape index (κ1) is 6.40. The molecule has 3 nitrogen and oxygen atoms in total. The number of hydrogen-bond acceptors (Lipinski definition) is 3. The van der Waals surface area contributed by atoms with Gasteiger partial charge in [-0.1, -0.05) is 0 Å². The second kappa shape index (κ2) is 1.63. The highest BCUT2D eigenvalue weighted by Gasteiger charge is 2.70. The van der Waals surface area contributed by atoms with Crippen LogP contribution in [-0.2, 0) is 9.47 Å². The third-order valence-corrected chi connectivity index (χ3v) is 3.55. The van der Waals surface area contributed by atoms with Crippen molar-refractivity contribution in [1.29, 1.82) is 0 Å². The average molecular weight is 155 g/mol. The highest BCUT2D eigenvalue weighted by Crippen LogP contribution is 2.58. The van der Waals surface area contributed by atoms with Gasteiger partial charge in [0.05, 0.1) is 18.8 Å². The van der Waals surface area contributed by atoms with Gasteiger partial charge in [-0.05, 0) is 6.42 Å². The predicted octanol–water partition coefficient (Wildman–Crippen LogP) is -0.107. The SMILES string of the molecule is NC12CC1COC21CCOC1. The molecule has 0 amide bonds. The van der Waals surface area contributed by atoms with Gasteiger partial charge in [-0.3, -0.25) is 0 Å². The van der Waals surface area contributed by atoms with Crippen molar-refractivity contribution in [2.75, 3.05) is 19.8 Å². The summed E-state index contributed by atoms with van der Waals surface area (Å²) in [5.74, 6) is 0.629. The van der Waals surface area contributed by atoms with E-state index in [9.17, 15) is 0 Å². The zero-order valence-corrected chi connectivity index (χ0v) is 6.51. The molecule has 1 spiro atoms. The van der Waals surface area contributed by atoms with E-state index >= 15 is 0 Å². The molecule has 0 bridgehead atoms. The number of rotatable bonds is 0. The Morgan fingerprint density at radius 2 is 2.36 bits per heavy atom. The van der Waals surface area contributed by atoms with Crippen LogP contribution < -0.4 is 5.73 Å². The Labute approximate surface area is 65.8 Å². The fourth-order valence-electron chi connectivity index (χ4n) is 2.54. The number of hydrogen-bond donors (Lipinski definition) is 1. The van der Waals surface area contributed by atoms with Gasteiger partial charge in [0.1, 0.15) is 5.60 Å². The van der Waals surface area contributed by atoms with Gasteiger partial charge in [0.2, 0.25) is 0 Å². The number of nitrogens with two attached hydrogens (primary N) is 1. The molecule has 3 aliphatic rings. The van der Waals surface area contributed by atoms with Gasteiger partial charge in [-0.25, -0.2) is 0 Å². The molecule has 3 unspecified atom stereocenters. The molecule has 0 aromatic carbocycles. The van der Waals surface area contributed by atoms with Crippen LogP contribution in [0.4, 0.5) is 0 Å². The summed E-state index contributed by atoms with van der Waals surface area (Å²) < 4.78 is 11.1. The Morgan fingerprint density at radius 3 is 2.82 bits per heavy atom. The van der Waals surface area contributed by atoms with Gasteiger partial charge in [-0.15, -0.1) is 0 Å². The zero-order valence-electron chi connectivity index (χ0n) is 6.51. The van der Waals surface area contributed by atoms with Crippen molar-refractivity contribution >= 4 is 0 Å². The van der Waals surface area contributed by atoms with Crippen LogP contribution in [0.5, 0.6) is 0 Å². The monoisotopic (exact) mass is 155 g/mol. The van der Waals surface area contributed by atoms with E-state index in [4.69, 9.17) is 15.2 Å². The lowest BCUT2D eigenvalue weighted by Crippen LogP contribution is -2.50. The van der Waals surface area contributed by atoms with E-state index in [0.29, 0.717) is 5.92 Å². The first-order chi connectivity index (χ1) is 5.27. The summed E-state index contributed by atoms with van der Waals surface area (Å²) in [4.78, 5) is 0. The van der Waals surface area contributed by atoms with Crippen molar-refractivity contribution in [3.8, 4) is 0 Å². The van der Waals surface area contributed by atoms with Crippen LogP contribution in [0.15, 0.2) is 0 Å². The maximum Gasteiger partial charge on any atom is 0.112 e. The van der Waals surface area contributed by atoms with Crippen LogP contribution in [0.1, 0.15) is 12.8 Å². The first-order valence-electron chi connectivity index (χ1n) is 4.27. The smallest absolute Gasteiger partial charge is 0.112 e. The molecule has 3 fully saturated rings. The van der Waals surface area contributed by atoms with E-state index in [2.05, 4.69) is 0 Å². The molecule has 0 aromatic heterocycles. The van der Waals surface area contributed by atoms with Gasteiger partial charge in [0.25, 0.3) is 0 Å². The summed E-state index contributed by atoms with van der Waals surface area (Å²) in [6, 6.07) is 0. The minimum absolute atomic E-state index is 0.0104. The van der Waals surface area contributed by atoms with Crippen molar-refractivity contribution in [2.24, 2.45) is 11.7 Å². The lowest BCUT2D eigenvalue weighted by molar-refractivity contribution is -0.0363. The molecule has 0 radical (unpaired) electrons. The molecule has 11 heavy (non-hydrogen) atoms. The lowest BCUT2D eigenvalue weighted by Gasteiger charge is -2.29. The Hall–Kier alpha value is -0.120. The summed E-state index contributed by atoms with van der Waals surface area (Å²) in [7, 11) is 0. The normalized spacial score (nSPS) is 60.3. The highest BCUT2D eigenvalue weighted by atomic mass is 16.6. The van der Waals surface area contributed by atoms with Crippen LogP contribution in [0, 0.1) is 5.92 Å². The Bertz CT molecular complexity index is 193. The van der Waals surface area contributed by atoms with Gasteiger partial charge in [-0.2, -0.15) is 0 Å². The van der Waals surface area contributed by atoms with Gasteiger partial charge in [0, 0.05) is 18.9 Å². The number of fused-ring (bicyclic) bond motifs is 2. The molecular formula is C8H13NO2. The minimum Gasteiger partial charge on any atom is -0.378 e. The van der Waals surface area contributed by atoms with Crippen molar-refractivity contribution in [3.05, 3.63) is 0 Å². The maximum absolute atomic E-state index is 6.19. The van der Waals surface area contributed by atoms with Crippen LogP contribution in [0.25, 0.3) is 0 Å². The molecule has 2 aliphatic heterocycles. The molecule has 3 heteroatoms. The van der Waals surface area contributed by atoms with Crippen LogP contribution in [-0.4, -0.2) is 31.0 Å². The molecule has 1 saturated carbocycles. The van der Waals surface area contributed by atoms with E-state index in [0.717, 1.165) is 32.7 Å². The quantitative estimate of drug-likeness (QED) is 0.531. The second-order valence-electron chi connectivity index (χ2n) is 4.05. The van der Waals surface area contributed by atoms with E-state index in [1.807, 2.05) is 0 Å². The zero-order chi connectivity index (χ0) is 7.53. The van der Waals surface area contributed by atoms with Crippen molar-refractivity contribution in [1.82, 2.24) is 0 Å². The average Bonchev–Trinajstić information content (AvgIpc) is 2.47. The van der Waals surface area contributed by atoms with Crippen molar-refractivity contribution < 1.29 is 9.47 Å². The molecule has 2 saturated heterocycles. The summed E-state index contributed by atoms with van der Waals surface area (Å²) in [5.41, 5.74) is 6.09. The molecule has 1 aliphatic carbocycles. The Kier molecular flexibility index (Phi) is 0.947. The van der Waals surface area contributed by atoms with Crippen LogP contribution >= 0.6 is 0 Å². The lowest BCUT2D eigenvalue weighted by atomic mass is 9.91. The summed E-state index contributed by atoms with van der Waals surface area (Å²) in [5, 5.41) is 0. The highest BCUT2D eigenvalue weighted by molar-refractivity contribution is 5.25. The third-order valence-electron chi connectivity index (χ3n) is 3.55.